The van der Waals surface area contributed by atoms with Crippen LogP contribution in [0.15, 0.2) is 18.2 Å². The van der Waals surface area contributed by atoms with Crippen molar-refractivity contribution in [2.75, 3.05) is 33.6 Å². The first-order valence-electron chi connectivity index (χ1n) is 6.04. The molecule has 0 spiro atoms. The molecule has 1 aromatic rings. The Balaban J connectivity index is 2.37. The summed E-state index contributed by atoms with van der Waals surface area (Å²) < 4.78 is 55.4. The zero-order valence-electron chi connectivity index (χ0n) is 11.2. The molecule has 0 radical (unpaired) electrons. The molecule has 1 fully saturated rings. The van der Waals surface area contributed by atoms with Gasteiger partial charge in [0.15, 0.2) is 0 Å². The highest BCUT2D eigenvalue weighted by Gasteiger charge is 2.29. The van der Waals surface area contributed by atoms with Crippen LogP contribution < -0.4 is 13.8 Å². The van der Waals surface area contributed by atoms with E-state index < -0.39 is 25.3 Å². The Labute approximate surface area is 128 Å². The third-order valence-corrected chi connectivity index (χ3v) is 6.53. The van der Waals surface area contributed by atoms with Crippen LogP contribution in [-0.2, 0) is 20.0 Å². The van der Waals surface area contributed by atoms with Gasteiger partial charge in [0.25, 0.3) is 0 Å². The quantitative estimate of drug-likeness (QED) is 0.801. The summed E-state index contributed by atoms with van der Waals surface area (Å²) in [6.45, 7) is 0.401. The number of nitrogens with one attached hydrogen (secondary N) is 1. The standard InChI is InChI=1S/C11H15ClN2O5S2/c1-19-11-7-9(14-5-2-6-21(14,17)18)3-4-10(11)13-20(15,16)8-12/h3-4,7,13H,2,5-6,8H2,1H3. The number of anilines is 2. The van der Waals surface area contributed by atoms with Crippen LogP contribution in [-0.4, -0.2) is 41.5 Å². The first-order chi connectivity index (χ1) is 9.79. The van der Waals surface area contributed by atoms with Crippen molar-refractivity contribution < 1.29 is 21.6 Å². The van der Waals surface area contributed by atoms with E-state index in [-0.39, 0.29) is 17.2 Å². The van der Waals surface area contributed by atoms with Gasteiger partial charge in [0.1, 0.15) is 11.0 Å². The minimum Gasteiger partial charge on any atom is -0.494 e. The van der Waals surface area contributed by atoms with Gasteiger partial charge in [-0.1, -0.05) is 0 Å². The number of sulfonamides is 2. The van der Waals surface area contributed by atoms with Crippen molar-refractivity contribution >= 4 is 43.0 Å². The van der Waals surface area contributed by atoms with Crippen LogP contribution >= 0.6 is 11.6 Å². The van der Waals surface area contributed by atoms with Crippen molar-refractivity contribution in [3.05, 3.63) is 18.2 Å². The summed E-state index contributed by atoms with van der Waals surface area (Å²) in [5.74, 6) is 0.332. The van der Waals surface area contributed by atoms with Gasteiger partial charge < -0.3 is 4.74 Å². The van der Waals surface area contributed by atoms with Gasteiger partial charge >= 0.3 is 0 Å². The Morgan fingerprint density at radius 1 is 1.43 bits per heavy atom. The molecule has 118 valence electrons. The van der Waals surface area contributed by atoms with Crippen LogP contribution in [0.5, 0.6) is 5.75 Å². The number of halogens is 1. The Morgan fingerprint density at radius 3 is 2.67 bits per heavy atom. The monoisotopic (exact) mass is 354 g/mol. The number of hydrogen-bond donors (Lipinski definition) is 1. The van der Waals surface area contributed by atoms with E-state index in [9.17, 15) is 16.8 Å². The molecule has 1 aromatic carbocycles. The summed E-state index contributed by atoms with van der Waals surface area (Å²) in [6, 6.07) is 4.46. The van der Waals surface area contributed by atoms with E-state index >= 15 is 0 Å². The Bertz CT molecular complexity index is 733. The molecule has 10 heteroatoms. The molecule has 1 saturated heterocycles. The average molecular weight is 355 g/mol. The third kappa shape index (κ3) is 3.53. The van der Waals surface area contributed by atoms with Crippen molar-refractivity contribution in [3.63, 3.8) is 0 Å². The van der Waals surface area contributed by atoms with E-state index in [1.807, 2.05) is 0 Å². The van der Waals surface area contributed by atoms with Crippen LogP contribution in [0.2, 0.25) is 0 Å². The van der Waals surface area contributed by atoms with Crippen LogP contribution in [0, 0.1) is 0 Å². The molecule has 1 N–H and O–H groups in total. The smallest absolute Gasteiger partial charge is 0.246 e. The number of methoxy groups -OCH3 is 1. The van der Waals surface area contributed by atoms with Crippen molar-refractivity contribution in [3.8, 4) is 5.75 Å². The third-order valence-electron chi connectivity index (χ3n) is 2.98. The van der Waals surface area contributed by atoms with Gasteiger partial charge in [-0.25, -0.2) is 16.8 Å². The predicted molar refractivity (Wildman–Crippen MR) is 82.0 cm³/mol. The summed E-state index contributed by atoms with van der Waals surface area (Å²) in [7, 11) is -5.58. The lowest BCUT2D eigenvalue weighted by atomic mass is 10.2. The van der Waals surface area contributed by atoms with Crippen molar-refractivity contribution in [1.29, 1.82) is 0 Å². The summed E-state index contributed by atoms with van der Waals surface area (Å²) in [5.41, 5.74) is 0.650. The number of ether oxygens (including phenoxy) is 1. The molecular weight excluding hydrogens is 340 g/mol. The molecule has 0 amide bonds. The second-order valence-corrected chi connectivity index (χ2v) is 8.77. The number of benzene rings is 1. The van der Waals surface area contributed by atoms with Gasteiger partial charge in [-0.15, -0.1) is 11.6 Å². The average Bonchev–Trinajstić information content (AvgIpc) is 2.78. The lowest BCUT2D eigenvalue weighted by molar-refractivity contribution is 0.417. The fourth-order valence-corrected chi connectivity index (χ4v) is 4.32. The van der Waals surface area contributed by atoms with E-state index in [0.29, 0.717) is 18.7 Å². The van der Waals surface area contributed by atoms with Crippen LogP contribution in [0.3, 0.4) is 0 Å². The van der Waals surface area contributed by atoms with E-state index in [4.69, 9.17) is 16.3 Å². The van der Waals surface area contributed by atoms with Gasteiger partial charge in [0.05, 0.1) is 24.2 Å². The fraction of sp³-hybridized carbons (Fsp3) is 0.455. The maximum Gasteiger partial charge on any atom is 0.246 e. The largest absolute Gasteiger partial charge is 0.494 e. The highest BCUT2D eigenvalue weighted by Crippen LogP contribution is 2.33. The van der Waals surface area contributed by atoms with Gasteiger partial charge in [-0.05, 0) is 18.6 Å². The molecule has 0 bridgehead atoms. The van der Waals surface area contributed by atoms with Gasteiger partial charge in [0.2, 0.25) is 20.0 Å². The van der Waals surface area contributed by atoms with Crippen LogP contribution in [0.25, 0.3) is 0 Å². The maximum atomic E-state index is 11.9. The van der Waals surface area contributed by atoms with Crippen LogP contribution in [0.1, 0.15) is 6.42 Å². The SMILES string of the molecule is COc1cc(N2CCCS2(=O)=O)ccc1NS(=O)(=O)CCl. The predicted octanol–water partition coefficient (Wildman–Crippen LogP) is 1.17. The van der Waals surface area contributed by atoms with Gasteiger partial charge in [-0.3, -0.25) is 9.03 Å². The molecule has 2 rings (SSSR count). The second kappa shape index (κ2) is 5.90. The molecule has 1 aliphatic heterocycles. The number of nitrogens with zero attached hydrogens (tertiary/aromatic N) is 1. The first kappa shape index (κ1) is 16.2. The lowest BCUT2D eigenvalue weighted by Crippen LogP contribution is -2.25. The highest BCUT2D eigenvalue weighted by atomic mass is 35.5. The topological polar surface area (TPSA) is 92.8 Å². The molecule has 0 aliphatic carbocycles. The molecule has 0 unspecified atom stereocenters. The zero-order valence-corrected chi connectivity index (χ0v) is 13.6. The molecule has 0 saturated carbocycles. The van der Waals surface area contributed by atoms with Crippen molar-refractivity contribution in [2.24, 2.45) is 0 Å². The Hall–Kier alpha value is -1.19. The van der Waals surface area contributed by atoms with E-state index in [1.165, 1.54) is 29.6 Å². The van der Waals surface area contributed by atoms with Crippen molar-refractivity contribution in [1.82, 2.24) is 0 Å². The summed E-state index contributed by atoms with van der Waals surface area (Å²) in [6.07, 6.45) is 0.561. The molecular formula is C11H15ClN2O5S2. The summed E-state index contributed by atoms with van der Waals surface area (Å²) in [4.78, 5) is 0. The summed E-state index contributed by atoms with van der Waals surface area (Å²) in [5, 5.41) is -0.585. The fourth-order valence-electron chi connectivity index (χ4n) is 2.04. The van der Waals surface area contributed by atoms with E-state index in [0.717, 1.165) is 0 Å². The maximum absolute atomic E-state index is 11.9. The molecule has 7 nitrogen and oxygen atoms in total. The molecule has 0 aromatic heterocycles. The minimum absolute atomic E-state index is 0.107. The molecule has 1 aliphatic rings. The Morgan fingerprint density at radius 2 is 2.14 bits per heavy atom. The van der Waals surface area contributed by atoms with Gasteiger partial charge in [-0.2, -0.15) is 0 Å². The number of alkyl halides is 1. The summed E-state index contributed by atoms with van der Waals surface area (Å²) >= 11 is 5.33. The number of hydrogen-bond acceptors (Lipinski definition) is 5. The zero-order chi connectivity index (χ0) is 15.7. The van der Waals surface area contributed by atoms with Crippen LogP contribution in [0.4, 0.5) is 11.4 Å². The normalized spacial score (nSPS) is 17.7. The van der Waals surface area contributed by atoms with E-state index in [2.05, 4.69) is 4.72 Å². The molecule has 21 heavy (non-hydrogen) atoms. The minimum atomic E-state index is -3.66. The van der Waals surface area contributed by atoms with Crippen molar-refractivity contribution in [2.45, 2.75) is 6.42 Å². The Kier molecular flexibility index (Phi) is 4.54. The lowest BCUT2D eigenvalue weighted by Gasteiger charge is -2.19. The van der Waals surface area contributed by atoms with Gasteiger partial charge in [0, 0.05) is 12.6 Å². The first-order valence-corrected chi connectivity index (χ1v) is 9.83. The second-order valence-electron chi connectivity index (χ2n) is 4.45. The highest BCUT2D eigenvalue weighted by molar-refractivity contribution is 7.93. The van der Waals surface area contributed by atoms with E-state index in [1.54, 1.807) is 0 Å². The molecule has 1 heterocycles. The number of rotatable bonds is 5. The molecule has 0 atom stereocenters.